The minimum absolute atomic E-state index is 0.122. The number of aromatic nitrogens is 2. The molecule has 9 heteroatoms. The topological polar surface area (TPSA) is 93.5 Å². The Balaban J connectivity index is 1.65. The molecule has 2 aromatic carbocycles. The number of nitrogens with zero attached hydrogens (tertiary/aromatic N) is 3. The average Bonchev–Trinajstić information content (AvgIpc) is 3.27. The summed E-state index contributed by atoms with van der Waals surface area (Å²) >= 11 is 0. The molecule has 1 amide bonds. The number of sulfonamides is 1. The van der Waals surface area contributed by atoms with Gasteiger partial charge in [-0.05, 0) is 42.5 Å². The Morgan fingerprint density at radius 3 is 2.49 bits per heavy atom. The summed E-state index contributed by atoms with van der Waals surface area (Å²) in [5, 5.41) is 3.03. The van der Waals surface area contributed by atoms with Crippen LogP contribution in [0.5, 0.6) is 5.75 Å². The normalized spacial score (nSPS) is 19.8. The van der Waals surface area contributed by atoms with Crippen molar-refractivity contribution in [3.8, 4) is 5.75 Å². The van der Waals surface area contributed by atoms with Crippen LogP contribution in [0.15, 0.2) is 65.8 Å². The van der Waals surface area contributed by atoms with Crippen molar-refractivity contribution in [1.29, 1.82) is 0 Å². The van der Waals surface area contributed by atoms with Crippen molar-refractivity contribution in [2.45, 2.75) is 31.2 Å². The third kappa shape index (κ3) is 5.26. The molecule has 186 valence electrons. The van der Waals surface area contributed by atoms with Gasteiger partial charge in [0.05, 0.1) is 12.0 Å². The summed E-state index contributed by atoms with van der Waals surface area (Å²) in [6, 6.07) is 13.1. The van der Waals surface area contributed by atoms with Crippen molar-refractivity contribution in [2.24, 2.45) is 18.9 Å². The second-order valence-corrected chi connectivity index (χ2v) is 11.3. The van der Waals surface area contributed by atoms with E-state index in [4.69, 9.17) is 4.74 Å². The minimum Gasteiger partial charge on any atom is -0.496 e. The van der Waals surface area contributed by atoms with Crippen molar-refractivity contribution >= 4 is 15.9 Å². The first-order valence-corrected chi connectivity index (χ1v) is 13.2. The maximum atomic E-state index is 13.4. The van der Waals surface area contributed by atoms with Crippen molar-refractivity contribution in [2.75, 3.05) is 20.2 Å². The first-order chi connectivity index (χ1) is 16.7. The fraction of sp³-hybridized carbons (Fsp3) is 0.385. The van der Waals surface area contributed by atoms with E-state index >= 15 is 0 Å². The van der Waals surface area contributed by atoms with Gasteiger partial charge >= 0.3 is 0 Å². The van der Waals surface area contributed by atoms with E-state index in [-0.39, 0.29) is 10.5 Å². The second kappa shape index (κ2) is 10.2. The molecule has 1 saturated heterocycles. The number of piperidine rings is 1. The predicted molar refractivity (Wildman–Crippen MR) is 134 cm³/mol. The van der Waals surface area contributed by atoms with Gasteiger partial charge in [0.1, 0.15) is 17.6 Å². The molecule has 1 aliphatic rings. The van der Waals surface area contributed by atoms with E-state index in [1.807, 2.05) is 35.9 Å². The molecular formula is C26H32N4O4S. The number of benzene rings is 2. The molecule has 4 rings (SSSR count). The zero-order valence-corrected chi connectivity index (χ0v) is 21.3. The van der Waals surface area contributed by atoms with Gasteiger partial charge in [0.15, 0.2) is 0 Å². The number of carbonyl (C=O) groups is 1. The quantitative estimate of drug-likeness (QED) is 0.539. The molecule has 3 aromatic rings. The summed E-state index contributed by atoms with van der Waals surface area (Å²) in [7, 11) is -0.280. The number of hydrogen-bond donors (Lipinski definition) is 1. The van der Waals surface area contributed by atoms with Crippen LogP contribution in [0.25, 0.3) is 0 Å². The Morgan fingerprint density at radius 2 is 1.83 bits per heavy atom. The van der Waals surface area contributed by atoms with Crippen LogP contribution in [0, 0.1) is 11.8 Å². The molecule has 1 aromatic heterocycles. The van der Waals surface area contributed by atoms with Crippen LogP contribution in [0.2, 0.25) is 0 Å². The van der Waals surface area contributed by atoms with Crippen molar-refractivity contribution < 1.29 is 17.9 Å². The lowest BCUT2D eigenvalue weighted by Crippen LogP contribution is -2.42. The molecule has 0 aliphatic carbocycles. The highest BCUT2D eigenvalue weighted by Gasteiger charge is 2.32. The van der Waals surface area contributed by atoms with E-state index in [1.165, 1.54) is 10.4 Å². The first kappa shape index (κ1) is 24.9. The first-order valence-electron chi connectivity index (χ1n) is 11.7. The average molecular weight is 497 g/mol. The summed E-state index contributed by atoms with van der Waals surface area (Å²) in [5.41, 5.74) is 1.01. The lowest BCUT2D eigenvalue weighted by molar-refractivity contribution is 0.0940. The summed E-state index contributed by atoms with van der Waals surface area (Å²) in [6.07, 6.45) is 4.47. The number of para-hydroxylation sites is 1. The molecule has 0 radical (unpaired) electrons. The zero-order valence-electron chi connectivity index (χ0n) is 20.5. The third-order valence-corrected chi connectivity index (χ3v) is 8.24. The highest BCUT2D eigenvalue weighted by atomic mass is 32.2. The maximum Gasteiger partial charge on any atom is 0.252 e. The zero-order chi connectivity index (χ0) is 25.2. The van der Waals surface area contributed by atoms with Gasteiger partial charge < -0.3 is 14.6 Å². The lowest BCUT2D eigenvalue weighted by atomic mass is 9.94. The SMILES string of the molecule is COc1ccccc1C(NC(=O)c1cccc(S(=O)(=O)N2CC(C)CC(C)C2)c1)c1nccn1C. The summed E-state index contributed by atoms with van der Waals surface area (Å²) in [6.45, 7) is 5.10. The number of carbonyl (C=O) groups excluding carboxylic acids is 1. The highest BCUT2D eigenvalue weighted by Crippen LogP contribution is 2.30. The molecule has 3 atom stereocenters. The maximum absolute atomic E-state index is 13.4. The molecule has 1 aliphatic heterocycles. The fourth-order valence-corrected chi connectivity index (χ4v) is 6.53. The molecule has 1 N–H and O–H groups in total. The number of hydrogen-bond acceptors (Lipinski definition) is 5. The Kier molecular flexibility index (Phi) is 7.28. The van der Waals surface area contributed by atoms with Crippen LogP contribution in [0.1, 0.15) is 48.1 Å². The third-order valence-electron chi connectivity index (χ3n) is 6.41. The molecule has 8 nitrogen and oxygen atoms in total. The molecule has 35 heavy (non-hydrogen) atoms. The van der Waals surface area contributed by atoms with Gasteiger partial charge in [-0.2, -0.15) is 4.31 Å². The summed E-state index contributed by atoms with van der Waals surface area (Å²) in [5.74, 6) is 1.42. The van der Waals surface area contributed by atoms with E-state index in [9.17, 15) is 13.2 Å². The molecule has 1 fully saturated rings. The highest BCUT2D eigenvalue weighted by molar-refractivity contribution is 7.89. The van der Waals surface area contributed by atoms with Crippen LogP contribution in [0.3, 0.4) is 0 Å². The van der Waals surface area contributed by atoms with Gasteiger partial charge in [0.25, 0.3) is 5.91 Å². The second-order valence-electron chi connectivity index (χ2n) is 9.34. The smallest absolute Gasteiger partial charge is 0.252 e. The Labute approximate surface area is 207 Å². The van der Waals surface area contributed by atoms with E-state index in [1.54, 1.807) is 37.7 Å². The number of ether oxygens (including phenoxy) is 1. The number of methoxy groups -OCH3 is 1. The minimum atomic E-state index is -3.71. The van der Waals surface area contributed by atoms with Gasteiger partial charge in [-0.1, -0.05) is 38.1 Å². The van der Waals surface area contributed by atoms with Crippen LogP contribution in [-0.2, 0) is 17.1 Å². The summed E-state index contributed by atoms with van der Waals surface area (Å²) in [4.78, 5) is 18.0. The van der Waals surface area contributed by atoms with Crippen molar-refractivity contribution in [1.82, 2.24) is 19.2 Å². The van der Waals surface area contributed by atoms with Crippen LogP contribution < -0.4 is 10.1 Å². The van der Waals surface area contributed by atoms with E-state index in [0.29, 0.717) is 36.5 Å². The van der Waals surface area contributed by atoms with Crippen LogP contribution in [-0.4, -0.2) is 48.4 Å². The molecule has 0 bridgehead atoms. The van der Waals surface area contributed by atoms with Gasteiger partial charge in [-0.25, -0.2) is 13.4 Å². The van der Waals surface area contributed by atoms with Gasteiger partial charge in [0, 0.05) is 43.7 Å². The van der Waals surface area contributed by atoms with Crippen molar-refractivity contribution in [3.63, 3.8) is 0 Å². The van der Waals surface area contributed by atoms with Crippen molar-refractivity contribution in [3.05, 3.63) is 77.9 Å². The molecule has 0 spiro atoms. The predicted octanol–water partition coefficient (Wildman–Crippen LogP) is 3.61. The number of nitrogens with one attached hydrogen (secondary N) is 1. The number of amides is 1. The van der Waals surface area contributed by atoms with Crippen LogP contribution in [0.4, 0.5) is 0 Å². The standard InChI is InChI=1S/C26H32N4O4S/c1-18-14-19(2)17-30(16-18)35(32,33)21-9-7-8-20(15-21)26(31)28-24(25-27-12-13-29(25)3)22-10-5-6-11-23(22)34-4/h5-13,15,18-19,24H,14,16-17H2,1-4H3,(H,28,31). The van der Waals surface area contributed by atoms with Gasteiger partial charge in [-0.15, -0.1) is 0 Å². The largest absolute Gasteiger partial charge is 0.496 e. The van der Waals surface area contributed by atoms with Crippen LogP contribution >= 0.6 is 0 Å². The molecule has 3 unspecified atom stereocenters. The van der Waals surface area contributed by atoms with E-state index < -0.39 is 22.0 Å². The van der Waals surface area contributed by atoms with Gasteiger partial charge in [-0.3, -0.25) is 4.79 Å². The Morgan fingerprint density at radius 1 is 1.11 bits per heavy atom. The Hall–Kier alpha value is -3.17. The molecule has 0 saturated carbocycles. The number of aryl methyl sites for hydroxylation is 1. The number of imidazole rings is 1. The fourth-order valence-electron chi connectivity index (χ4n) is 4.80. The Bertz CT molecular complexity index is 1290. The summed E-state index contributed by atoms with van der Waals surface area (Å²) < 4.78 is 35.6. The number of rotatable bonds is 7. The van der Waals surface area contributed by atoms with E-state index in [2.05, 4.69) is 24.1 Å². The lowest BCUT2D eigenvalue weighted by Gasteiger charge is -2.34. The van der Waals surface area contributed by atoms with Gasteiger partial charge in [0.2, 0.25) is 10.0 Å². The molecular weight excluding hydrogens is 464 g/mol. The monoisotopic (exact) mass is 496 g/mol. The van der Waals surface area contributed by atoms with E-state index in [0.717, 1.165) is 12.0 Å². The molecule has 2 heterocycles.